The molecule has 3 saturated heterocycles. The van der Waals surface area contributed by atoms with Crippen LogP contribution in [-0.4, -0.2) is 58.2 Å². The van der Waals surface area contributed by atoms with Crippen LogP contribution in [0.1, 0.15) is 56.6 Å². The molecule has 2 unspecified atom stereocenters. The molecule has 38 heavy (non-hydrogen) atoms. The predicted molar refractivity (Wildman–Crippen MR) is 148 cm³/mol. The van der Waals surface area contributed by atoms with Crippen molar-refractivity contribution >= 4 is 11.6 Å². The maximum absolute atomic E-state index is 13.6. The number of nitrogens with zero attached hydrogens (tertiary/aromatic N) is 3. The molecular formula is C31H39N5O2. The number of aromatic nitrogens is 2. The van der Waals surface area contributed by atoms with E-state index in [0.717, 1.165) is 50.9 Å². The summed E-state index contributed by atoms with van der Waals surface area (Å²) in [5, 5.41) is 6.99. The Bertz CT molecular complexity index is 1190. The van der Waals surface area contributed by atoms with Gasteiger partial charge in [-0.1, -0.05) is 55.5 Å². The second-order valence-electron chi connectivity index (χ2n) is 11.7. The minimum atomic E-state index is -0.317. The quantitative estimate of drug-likeness (QED) is 0.507. The first-order valence-corrected chi connectivity index (χ1v) is 14.1. The van der Waals surface area contributed by atoms with Crippen LogP contribution in [0.25, 0.3) is 5.57 Å². The fourth-order valence-electron chi connectivity index (χ4n) is 7.03. The molecule has 2 atom stereocenters. The number of carbonyl (C=O) groups excluding carboxylic acids is 1. The van der Waals surface area contributed by atoms with Crippen molar-refractivity contribution in [2.24, 2.45) is 11.3 Å². The topological polar surface area (TPSA) is 79.4 Å². The Kier molecular flexibility index (Phi) is 6.82. The minimum Gasteiger partial charge on any atom is -0.376 e. The monoisotopic (exact) mass is 513 g/mol. The number of amides is 2. The van der Waals surface area contributed by atoms with Gasteiger partial charge < -0.3 is 20.3 Å². The zero-order chi connectivity index (χ0) is 26.1. The lowest BCUT2D eigenvalue weighted by atomic mass is 9.71. The number of rotatable bonds is 9. The van der Waals surface area contributed by atoms with Crippen LogP contribution >= 0.6 is 0 Å². The van der Waals surface area contributed by atoms with Crippen LogP contribution < -0.4 is 10.6 Å². The van der Waals surface area contributed by atoms with E-state index in [4.69, 9.17) is 4.74 Å². The van der Waals surface area contributed by atoms with Crippen molar-refractivity contribution in [3.8, 4) is 0 Å². The number of ether oxygens (including phenoxy) is 1. The summed E-state index contributed by atoms with van der Waals surface area (Å²) in [5.74, 6) is 0.565. The second kappa shape index (κ2) is 10.3. The molecule has 4 fully saturated rings. The summed E-state index contributed by atoms with van der Waals surface area (Å²) in [5.41, 5.74) is 2.62. The molecular weight excluding hydrogens is 474 g/mol. The van der Waals surface area contributed by atoms with Gasteiger partial charge in [-0.25, -0.2) is 14.8 Å². The van der Waals surface area contributed by atoms with Crippen molar-refractivity contribution in [1.29, 1.82) is 0 Å². The Morgan fingerprint density at radius 2 is 1.87 bits per heavy atom. The first-order chi connectivity index (χ1) is 18.6. The van der Waals surface area contributed by atoms with Crippen molar-refractivity contribution in [3.05, 3.63) is 78.4 Å². The number of fused-ring (bicyclic) bond motifs is 3. The summed E-state index contributed by atoms with van der Waals surface area (Å²) in [6.07, 6.45) is 18.0. The van der Waals surface area contributed by atoms with E-state index in [0.29, 0.717) is 19.1 Å². The highest BCUT2D eigenvalue weighted by molar-refractivity contribution is 5.78. The highest BCUT2D eigenvalue weighted by Crippen LogP contribution is 2.55. The van der Waals surface area contributed by atoms with Crippen LogP contribution in [0.2, 0.25) is 0 Å². The van der Waals surface area contributed by atoms with Gasteiger partial charge in [-0.2, -0.15) is 0 Å². The van der Waals surface area contributed by atoms with Crippen molar-refractivity contribution in [2.75, 3.05) is 26.2 Å². The molecule has 200 valence electrons. The van der Waals surface area contributed by atoms with E-state index in [2.05, 4.69) is 74.9 Å². The number of carbonyl (C=O) groups is 1. The van der Waals surface area contributed by atoms with Crippen LogP contribution in [0.15, 0.2) is 67.3 Å². The fourth-order valence-corrected chi connectivity index (χ4v) is 7.03. The lowest BCUT2D eigenvalue weighted by molar-refractivity contribution is 0.00792. The lowest BCUT2D eigenvalue weighted by Crippen LogP contribution is -2.69. The van der Waals surface area contributed by atoms with E-state index in [1.165, 1.54) is 30.3 Å². The van der Waals surface area contributed by atoms with Gasteiger partial charge in [0.2, 0.25) is 0 Å². The smallest absolute Gasteiger partial charge is 0.315 e. The van der Waals surface area contributed by atoms with Crippen LogP contribution in [0.4, 0.5) is 4.79 Å². The van der Waals surface area contributed by atoms with E-state index < -0.39 is 0 Å². The highest BCUT2D eigenvalue weighted by atomic mass is 16.5. The SMILES string of the molecule is CCC1(NC(=O)NC2(C3(COCc4cncnc4)C=CC(c4ccccc4)=CC3)CC2)CN2CCC1CC2. The van der Waals surface area contributed by atoms with Gasteiger partial charge >= 0.3 is 6.03 Å². The molecule has 7 heteroatoms. The average Bonchev–Trinajstić information content (AvgIpc) is 3.76. The molecule has 0 radical (unpaired) electrons. The zero-order valence-electron chi connectivity index (χ0n) is 22.4. The van der Waals surface area contributed by atoms with E-state index in [1.807, 2.05) is 6.07 Å². The summed E-state index contributed by atoms with van der Waals surface area (Å²) >= 11 is 0. The molecule has 2 amide bonds. The number of hydrogen-bond acceptors (Lipinski definition) is 5. The Balaban J connectivity index is 1.20. The summed E-state index contributed by atoms with van der Waals surface area (Å²) in [4.78, 5) is 24.4. The predicted octanol–water partition coefficient (Wildman–Crippen LogP) is 4.73. The number of allylic oxidation sites excluding steroid dienone is 3. The molecule has 7 nitrogen and oxygen atoms in total. The maximum atomic E-state index is 13.6. The Morgan fingerprint density at radius 3 is 2.47 bits per heavy atom. The fraction of sp³-hybridized carbons (Fsp3) is 0.516. The zero-order valence-corrected chi connectivity index (χ0v) is 22.4. The third-order valence-corrected chi connectivity index (χ3v) is 9.54. The van der Waals surface area contributed by atoms with Crippen molar-refractivity contribution in [2.45, 2.75) is 63.1 Å². The van der Waals surface area contributed by atoms with Crippen molar-refractivity contribution in [3.63, 3.8) is 0 Å². The normalized spacial score (nSPS) is 30.9. The summed E-state index contributed by atoms with van der Waals surface area (Å²) in [6, 6.07) is 10.5. The van der Waals surface area contributed by atoms with Crippen molar-refractivity contribution < 1.29 is 9.53 Å². The molecule has 2 aromatic rings. The molecule has 0 spiro atoms. The molecule has 2 N–H and O–H groups in total. The Labute approximate surface area is 225 Å². The number of hydrogen-bond donors (Lipinski definition) is 2. The maximum Gasteiger partial charge on any atom is 0.315 e. The van der Waals surface area contributed by atoms with Crippen LogP contribution in [0.3, 0.4) is 0 Å². The van der Waals surface area contributed by atoms with Crippen LogP contribution in [-0.2, 0) is 11.3 Å². The van der Waals surface area contributed by atoms with E-state index in [-0.39, 0.29) is 22.5 Å². The Morgan fingerprint density at radius 1 is 1.11 bits per heavy atom. The summed E-state index contributed by atoms with van der Waals surface area (Å²) in [6.45, 7) is 6.47. The van der Waals surface area contributed by atoms with Gasteiger partial charge in [-0.05, 0) is 68.7 Å². The molecule has 2 aliphatic carbocycles. The van der Waals surface area contributed by atoms with E-state index >= 15 is 0 Å². The van der Waals surface area contributed by atoms with Gasteiger partial charge in [-0.3, -0.25) is 0 Å². The molecule has 7 rings (SSSR count). The first-order valence-electron chi connectivity index (χ1n) is 14.1. The lowest BCUT2D eigenvalue weighted by Gasteiger charge is -2.53. The molecule has 1 saturated carbocycles. The van der Waals surface area contributed by atoms with Crippen LogP contribution in [0.5, 0.6) is 0 Å². The minimum absolute atomic E-state index is 0.0276. The average molecular weight is 514 g/mol. The number of nitrogens with one attached hydrogen (secondary N) is 2. The molecule has 4 heterocycles. The van der Waals surface area contributed by atoms with Crippen molar-refractivity contribution in [1.82, 2.24) is 25.5 Å². The second-order valence-corrected chi connectivity index (χ2v) is 11.7. The van der Waals surface area contributed by atoms with Gasteiger partial charge in [0.05, 0.1) is 24.3 Å². The highest BCUT2D eigenvalue weighted by Gasteiger charge is 2.59. The molecule has 2 bridgehead atoms. The molecule has 5 aliphatic rings. The number of urea groups is 1. The molecule has 1 aromatic heterocycles. The van der Waals surface area contributed by atoms with Gasteiger partial charge in [0.1, 0.15) is 6.33 Å². The van der Waals surface area contributed by atoms with Gasteiger partial charge in [-0.15, -0.1) is 0 Å². The molecule has 1 aromatic carbocycles. The van der Waals surface area contributed by atoms with Gasteiger partial charge in [0.15, 0.2) is 0 Å². The standard InChI is InChI=1S/C31H39N5O2/c1-2-30(21-36-16-10-27(30)11-17-36)34-28(37)35-31(14-15-31)29(22-38-20-24-18-32-23-33-19-24)12-8-26(9-13-29)25-6-4-3-5-7-25/h3-9,12,18-19,23,27H,2,10-11,13-17,20-22H2,1H3,(H2,34,35,37). The number of benzene rings is 1. The van der Waals surface area contributed by atoms with Gasteiger partial charge in [0.25, 0.3) is 0 Å². The summed E-state index contributed by atoms with van der Waals surface area (Å²) < 4.78 is 6.30. The van der Waals surface area contributed by atoms with Gasteiger partial charge in [0, 0.05) is 29.9 Å². The third kappa shape index (κ3) is 4.78. The first kappa shape index (κ1) is 25.3. The number of piperidine rings is 3. The third-order valence-electron chi connectivity index (χ3n) is 9.54. The van der Waals surface area contributed by atoms with Crippen LogP contribution in [0, 0.1) is 11.3 Å². The summed E-state index contributed by atoms with van der Waals surface area (Å²) in [7, 11) is 0. The largest absolute Gasteiger partial charge is 0.376 e. The van der Waals surface area contributed by atoms with E-state index in [9.17, 15) is 4.79 Å². The van der Waals surface area contributed by atoms with E-state index in [1.54, 1.807) is 12.4 Å². The Hall–Kier alpha value is -3.03. The molecule has 3 aliphatic heterocycles.